The number of benzene rings is 1. The van der Waals surface area contributed by atoms with Crippen LogP contribution in [-0.4, -0.2) is 16.7 Å². The molecule has 0 N–H and O–H groups in total. The molecule has 1 aromatic heterocycles. The third kappa shape index (κ3) is 2.05. The predicted molar refractivity (Wildman–Crippen MR) is 70.9 cm³/mol. The van der Waals surface area contributed by atoms with Gasteiger partial charge in [-0.25, -0.2) is 4.98 Å². The molecule has 1 heterocycles. The van der Waals surface area contributed by atoms with Crippen LogP contribution in [0.1, 0.15) is 6.92 Å². The van der Waals surface area contributed by atoms with E-state index in [0.717, 1.165) is 0 Å². The molecule has 4 nitrogen and oxygen atoms in total. The van der Waals surface area contributed by atoms with Crippen molar-refractivity contribution in [1.29, 1.82) is 0 Å². The summed E-state index contributed by atoms with van der Waals surface area (Å²) < 4.78 is 7.19. The number of halogens is 2. The summed E-state index contributed by atoms with van der Waals surface area (Å²) in [6.07, 6.45) is 0. The van der Waals surface area contributed by atoms with Crippen molar-refractivity contribution in [1.82, 2.24) is 9.55 Å². The first-order valence-electron chi connectivity index (χ1n) is 5.02. The topological polar surface area (TPSA) is 44.1 Å². The van der Waals surface area contributed by atoms with E-state index in [-0.39, 0.29) is 10.8 Å². The van der Waals surface area contributed by atoms with Crippen LogP contribution in [0.3, 0.4) is 0 Å². The molecule has 0 aliphatic carbocycles. The lowest BCUT2D eigenvalue weighted by Crippen LogP contribution is -2.21. The Hall–Kier alpha value is -1.07. The molecule has 0 fully saturated rings. The van der Waals surface area contributed by atoms with Gasteiger partial charge < -0.3 is 4.74 Å². The third-order valence-corrected chi connectivity index (χ3v) is 3.40. The van der Waals surface area contributed by atoms with Gasteiger partial charge in [-0.2, -0.15) is 0 Å². The van der Waals surface area contributed by atoms with Gasteiger partial charge in [0.25, 0.3) is 5.56 Å². The van der Waals surface area contributed by atoms with E-state index < -0.39 is 0 Å². The molecule has 2 rings (SSSR count). The molecule has 0 bridgehead atoms. The van der Waals surface area contributed by atoms with Gasteiger partial charge in [-0.3, -0.25) is 9.36 Å². The fourth-order valence-corrected chi connectivity index (χ4v) is 2.52. The number of nitrogens with zero attached hydrogens (tertiary/aromatic N) is 2. The van der Waals surface area contributed by atoms with Crippen LogP contribution in [0.4, 0.5) is 0 Å². The summed E-state index contributed by atoms with van der Waals surface area (Å²) in [5.74, 6) is 0.626. The van der Waals surface area contributed by atoms with Crippen LogP contribution in [-0.2, 0) is 6.54 Å². The Kier molecular flexibility index (Phi) is 3.40. The van der Waals surface area contributed by atoms with Crippen LogP contribution >= 0.6 is 27.5 Å². The van der Waals surface area contributed by atoms with Gasteiger partial charge in [0.15, 0.2) is 0 Å². The van der Waals surface area contributed by atoms with Gasteiger partial charge >= 0.3 is 0 Å². The van der Waals surface area contributed by atoms with Crippen molar-refractivity contribution in [3.05, 3.63) is 32.2 Å². The first kappa shape index (κ1) is 12.4. The minimum Gasteiger partial charge on any atom is -0.497 e. The summed E-state index contributed by atoms with van der Waals surface area (Å²) in [4.78, 5) is 16.4. The second-order valence-electron chi connectivity index (χ2n) is 3.43. The van der Waals surface area contributed by atoms with Crippen molar-refractivity contribution in [2.75, 3.05) is 7.11 Å². The Bertz CT molecular complexity index is 639. The Morgan fingerprint density at radius 1 is 1.53 bits per heavy atom. The molecule has 0 radical (unpaired) electrons. The summed E-state index contributed by atoms with van der Waals surface area (Å²) in [5, 5.41) is 0.696. The van der Waals surface area contributed by atoms with E-state index in [9.17, 15) is 4.79 Å². The van der Waals surface area contributed by atoms with E-state index >= 15 is 0 Å². The molecule has 0 saturated carbocycles. The summed E-state index contributed by atoms with van der Waals surface area (Å²) in [6.45, 7) is 2.33. The summed E-state index contributed by atoms with van der Waals surface area (Å²) >= 11 is 9.30. The van der Waals surface area contributed by atoms with Gasteiger partial charge in [-0.05, 0) is 40.5 Å². The maximum absolute atomic E-state index is 12.2. The van der Waals surface area contributed by atoms with Gasteiger partial charge in [0.2, 0.25) is 5.28 Å². The SMILES string of the molecule is CCn1c(Cl)nc2cc(OC)cc(Br)c2c1=O. The molecule has 0 spiro atoms. The molecular formula is C11H10BrClN2O2. The normalized spacial score (nSPS) is 10.8. The Morgan fingerprint density at radius 2 is 2.24 bits per heavy atom. The molecular weight excluding hydrogens is 307 g/mol. The predicted octanol–water partition coefficient (Wildman–Crippen LogP) is 2.84. The molecule has 0 saturated heterocycles. The molecule has 0 aliphatic rings. The molecule has 0 amide bonds. The largest absolute Gasteiger partial charge is 0.497 e. The number of methoxy groups -OCH3 is 1. The van der Waals surface area contributed by atoms with Gasteiger partial charge in [-0.1, -0.05) is 0 Å². The minimum atomic E-state index is -0.156. The quantitative estimate of drug-likeness (QED) is 0.800. The van der Waals surface area contributed by atoms with E-state index in [1.165, 1.54) is 4.57 Å². The van der Waals surface area contributed by atoms with E-state index in [0.29, 0.717) is 27.7 Å². The van der Waals surface area contributed by atoms with Crippen molar-refractivity contribution >= 4 is 38.4 Å². The average molecular weight is 318 g/mol. The first-order chi connectivity index (χ1) is 8.08. The average Bonchev–Trinajstić information content (AvgIpc) is 2.28. The van der Waals surface area contributed by atoms with Crippen molar-refractivity contribution in [3.63, 3.8) is 0 Å². The van der Waals surface area contributed by atoms with Crippen LogP contribution in [0.15, 0.2) is 21.4 Å². The van der Waals surface area contributed by atoms with Crippen LogP contribution in [0.2, 0.25) is 5.28 Å². The zero-order valence-electron chi connectivity index (χ0n) is 9.33. The standard InChI is InChI=1S/C11H10BrClN2O2/c1-3-15-10(16)9-7(12)4-6(17-2)5-8(9)14-11(15)13/h4-5H,3H2,1-2H3. The number of fused-ring (bicyclic) bond motifs is 1. The summed E-state index contributed by atoms with van der Waals surface area (Å²) in [7, 11) is 1.56. The number of hydrogen-bond acceptors (Lipinski definition) is 3. The molecule has 1 aromatic carbocycles. The highest BCUT2D eigenvalue weighted by Crippen LogP contribution is 2.26. The second-order valence-corrected chi connectivity index (χ2v) is 4.63. The zero-order valence-corrected chi connectivity index (χ0v) is 11.7. The number of hydrogen-bond donors (Lipinski definition) is 0. The fraction of sp³-hybridized carbons (Fsp3) is 0.273. The first-order valence-corrected chi connectivity index (χ1v) is 6.19. The van der Waals surface area contributed by atoms with Gasteiger partial charge in [-0.15, -0.1) is 0 Å². The van der Waals surface area contributed by atoms with Crippen molar-refractivity contribution < 1.29 is 4.74 Å². The van der Waals surface area contributed by atoms with E-state index in [1.807, 2.05) is 6.92 Å². The van der Waals surface area contributed by atoms with Crippen molar-refractivity contribution in [3.8, 4) is 5.75 Å². The van der Waals surface area contributed by atoms with E-state index in [1.54, 1.807) is 19.2 Å². The van der Waals surface area contributed by atoms with E-state index in [2.05, 4.69) is 20.9 Å². The molecule has 0 unspecified atom stereocenters. The zero-order chi connectivity index (χ0) is 12.6. The second kappa shape index (κ2) is 4.66. The van der Waals surface area contributed by atoms with Crippen LogP contribution < -0.4 is 10.3 Å². The number of aromatic nitrogens is 2. The smallest absolute Gasteiger partial charge is 0.263 e. The van der Waals surface area contributed by atoms with E-state index in [4.69, 9.17) is 16.3 Å². The lowest BCUT2D eigenvalue weighted by molar-refractivity contribution is 0.415. The van der Waals surface area contributed by atoms with Crippen LogP contribution in [0.5, 0.6) is 5.75 Å². The van der Waals surface area contributed by atoms with Gasteiger partial charge in [0.05, 0.1) is 18.0 Å². The maximum Gasteiger partial charge on any atom is 0.263 e. The highest BCUT2D eigenvalue weighted by molar-refractivity contribution is 9.10. The van der Waals surface area contributed by atoms with Gasteiger partial charge in [0, 0.05) is 17.1 Å². The molecule has 17 heavy (non-hydrogen) atoms. The molecule has 6 heteroatoms. The lowest BCUT2D eigenvalue weighted by atomic mass is 10.2. The molecule has 0 aliphatic heterocycles. The Labute approximate surface area is 111 Å². The number of rotatable bonds is 2. The molecule has 0 atom stereocenters. The Morgan fingerprint density at radius 3 is 2.82 bits per heavy atom. The number of ether oxygens (including phenoxy) is 1. The fourth-order valence-electron chi connectivity index (χ4n) is 1.64. The molecule has 2 aromatic rings. The monoisotopic (exact) mass is 316 g/mol. The van der Waals surface area contributed by atoms with Crippen LogP contribution in [0.25, 0.3) is 10.9 Å². The third-order valence-electron chi connectivity index (χ3n) is 2.49. The highest BCUT2D eigenvalue weighted by Gasteiger charge is 2.12. The Balaban J connectivity index is 2.92. The minimum absolute atomic E-state index is 0.156. The highest BCUT2D eigenvalue weighted by atomic mass is 79.9. The maximum atomic E-state index is 12.2. The van der Waals surface area contributed by atoms with Crippen LogP contribution in [0, 0.1) is 0 Å². The molecule has 90 valence electrons. The van der Waals surface area contributed by atoms with Crippen molar-refractivity contribution in [2.24, 2.45) is 0 Å². The summed E-state index contributed by atoms with van der Waals surface area (Å²) in [5.41, 5.74) is 0.368. The summed E-state index contributed by atoms with van der Waals surface area (Å²) in [6, 6.07) is 3.42. The van der Waals surface area contributed by atoms with Crippen molar-refractivity contribution in [2.45, 2.75) is 13.5 Å². The van der Waals surface area contributed by atoms with Gasteiger partial charge in [0.1, 0.15) is 5.75 Å². The lowest BCUT2D eigenvalue weighted by Gasteiger charge is -2.09.